The van der Waals surface area contributed by atoms with Gasteiger partial charge in [0, 0.05) is 16.1 Å². The number of amides is 1. The second kappa shape index (κ2) is 8.86. The molecule has 144 valence electrons. The van der Waals surface area contributed by atoms with Crippen molar-refractivity contribution in [2.75, 3.05) is 4.72 Å². The fourth-order valence-corrected chi connectivity index (χ4v) is 4.11. The normalized spacial score (nSPS) is 12.6. The van der Waals surface area contributed by atoms with E-state index in [1.807, 2.05) is 54.8 Å². The highest BCUT2D eigenvalue weighted by atomic mass is 32.2. The van der Waals surface area contributed by atoms with Crippen LogP contribution >= 0.6 is 11.3 Å². The van der Waals surface area contributed by atoms with Gasteiger partial charge < -0.3 is 5.32 Å². The lowest BCUT2D eigenvalue weighted by Gasteiger charge is -2.12. The van der Waals surface area contributed by atoms with Gasteiger partial charge in [-0.1, -0.05) is 36.4 Å². The Labute approximate surface area is 168 Å². The number of hydrogen-bond acceptors (Lipinski definition) is 4. The van der Waals surface area contributed by atoms with Crippen molar-refractivity contribution in [3.8, 4) is 0 Å². The van der Waals surface area contributed by atoms with Crippen LogP contribution < -0.4 is 10.0 Å². The highest BCUT2D eigenvalue weighted by Crippen LogP contribution is 2.19. The lowest BCUT2D eigenvalue weighted by Crippen LogP contribution is -2.26. The van der Waals surface area contributed by atoms with Gasteiger partial charge in [-0.3, -0.25) is 9.52 Å². The van der Waals surface area contributed by atoms with Crippen LogP contribution in [0.4, 0.5) is 5.69 Å². The summed E-state index contributed by atoms with van der Waals surface area (Å²) in [5.41, 5.74) is 1.64. The molecule has 0 aliphatic carbocycles. The van der Waals surface area contributed by atoms with Crippen molar-refractivity contribution in [3.05, 3.63) is 93.5 Å². The van der Waals surface area contributed by atoms with E-state index in [1.165, 1.54) is 6.08 Å². The maximum Gasteiger partial charge on any atom is 0.255 e. The third kappa shape index (κ3) is 5.55. The van der Waals surface area contributed by atoms with Crippen molar-refractivity contribution in [1.82, 2.24) is 5.32 Å². The van der Waals surface area contributed by atoms with Gasteiger partial charge in [-0.2, -0.15) is 0 Å². The molecule has 0 aliphatic rings. The fourth-order valence-electron chi connectivity index (χ4n) is 2.51. The molecule has 1 heterocycles. The fraction of sp³-hybridized carbons (Fsp3) is 0.0952. The third-order valence-corrected chi connectivity index (χ3v) is 6.03. The molecule has 0 radical (unpaired) electrons. The minimum absolute atomic E-state index is 0.0891. The van der Waals surface area contributed by atoms with E-state index in [9.17, 15) is 13.2 Å². The molecular weight excluding hydrogens is 392 g/mol. The molecule has 0 fully saturated rings. The minimum Gasteiger partial charge on any atom is -0.345 e. The summed E-state index contributed by atoms with van der Waals surface area (Å²) in [6.07, 6.45) is 1.52. The molecule has 0 bridgehead atoms. The van der Waals surface area contributed by atoms with E-state index in [-0.39, 0.29) is 11.9 Å². The van der Waals surface area contributed by atoms with Crippen LogP contribution in [-0.2, 0) is 10.0 Å². The number of rotatable bonds is 7. The molecule has 1 unspecified atom stereocenters. The zero-order valence-electron chi connectivity index (χ0n) is 15.2. The van der Waals surface area contributed by atoms with Crippen LogP contribution in [-0.4, -0.2) is 14.3 Å². The number of carbonyl (C=O) groups excluding carboxylic acids is 1. The van der Waals surface area contributed by atoms with E-state index >= 15 is 0 Å². The summed E-state index contributed by atoms with van der Waals surface area (Å²) < 4.78 is 26.9. The lowest BCUT2D eigenvalue weighted by atomic mass is 10.2. The number of sulfonamides is 1. The highest BCUT2D eigenvalue weighted by Gasteiger charge is 2.12. The standard InChI is InChI=1S/C21H20N2O3S2/c1-16(20-8-5-14-27-20)22-21(24)18-9-11-19(12-10-18)23-28(25,26)15-13-17-6-3-2-4-7-17/h2-16,23H,1H3,(H,22,24)/b15-13+. The number of hydrogen-bond donors (Lipinski definition) is 2. The van der Waals surface area contributed by atoms with Gasteiger partial charge in [-0.15, -0.1) is 11.3 Å². The van der Waals surface area contributed by atoms with E-state index in [1.54, 1.807) is 35.6 Å². The molecule has 1 aromatic heterocycles. The SMILES string of the molecule is CC(NC(=O)c1ccc(NS(=O)(=O)/C=C/c2ccccc2)cc1)c1cccs1. The Morgan fingerprint density at radius 1 is 1.00 bits per heavy atom. The van der Waals surface area contributed by atoms with E-state index in [0.29, 0.717) is 11.3 Å². The van der Waals surface area contributed by atoms with E-state index in [4.69, 9.17) is 0 Å². The molecule has 2 N–H and O–H groups in total. The lowest BCUT2D eigenvalue weighted by molar-refractivity contribution is 0.0940. The Morgan fingerprint density at radius 3 is 2.36 bits per heavy atom. The summed E-state index contributed by atoms with van der Waals surface area (Å²) >= 11 is 1.58. The van der Waals surface area contributed by atoms with E-state index in [2.05, 4.69) is 10.0 Å². The number of carbonyl (C=O) groups is 1. The summed E-state index contributed by atoms with van der Waals surface area (Å²) in [5, 5.41) is 6.01. The van der Waals surface area contributed by atoms with Crippen LogP contribution in [0.1, 0.15) is 33.8 Å². The average Bonchev–Trinajstić information content (AvgIpc) is 3.22. The number of nitrogens with one attached hydrogen (secondary N) is 2. The molecule has 2 aromatic carbocycles. The largest absolute Gasteiger partial charge is 0.345 e. The highest BCUT2D eigenvalue weighted by molar-refractivity contribution is 7.95. The predicted octanol–water partition coefficient (Wildman–Crippen LogP) is 4.65. The number of thiophene rings is 1. The molecule has 28 heavy (non-hydrogen) atoms. The smallest absolute Gasteiger partial charge is 0.255 e. The summed E-state index contributed by atoms with van der Waals surface area (Å²) in [6.45, 7) is 1.92. The Morgan fingerprint density at radius 2 is 1.71 bits per heavy atom. The molecule has 0 saturated heterocycles. The van der Waals surface area contributed by atoms with Gasteiger partial charge >= 0.3 is 0 Å². The zero-order chi connectivity index (χ0) is 20.0. The average molecular weight is 413 g/mol. The van der Waals surface area contributed by atoms with Crippen molar-refractivity contribution in [1.29, 1.82) is 0 Å². The maximum atomic E-state index is 12.3. The van der Waals surface area contributed by atoms with Crippen LogP contribution in [0.3, 0.4) is 0 Å². The summed E-state index contributed by atoms with van der Waals surface area (Å²) in [7, 11) is -3.64. The molecule has 0 spiro atoms. The quantitative estimate of drug-likeness (QED) is 0.593. The first-order chi connectivity index (χ1) is 13.4. The summed E-state index contributed by atoms with van der Waals surface area (Å²) in [4.78, 5) is 13.4. The number of benzene rings is 2. The minimum atomic E-state index is -3.64. The van der Waals surface area contributed by atoms with Crippen LogP contribution in [0, 0.1) is 0 Å². The van der Waals surface area contributed by atoms with Gasteiger partial charge in [0.05, 0.1) is 11.4 Å². The van der Waals surface area contributed by atoms with Crippen molar-refractivity contribution >= 4 is 39.0 Å². The van der Waals surface area contributed by atoms with E-state index < -0.39 is 10.0 Å². The first-order valence-corrected chi connectivity index (χ1v) is 11.1. The molecule has 5 nitrogen and oxygen atoms in total. The van der Waals surface area contributed by atoms with E-state index in [0.717, 1.165) is 15.8 Å². The molecule has 0 saturated carbocycles. The molecule has 3 rings (SSSR count). The van der Waals surface area contributed by atoms with Gasteiger partial charge in [-0.05, 0) is 54.3 Å². The van der Waals surface area contributed by atoms with Crippen molar-refractivity contribution in [2.45, 2.75) is 13.0 Å². The van der Waals surface area contributed by atoms with Crippen molar-refractivity contribution < 1.29 is 13.2 Å². The van der Waals surface area contributed by atoms with Gasteiger partial charge in [-0.25, -0.2) is 8.42 Å². The summed E-state index contributed by atoms with van der Waals surface area (Å²) in [6, 6.07) is 19.3. The van der Waals surface area contributed by atoms with Gasteiger partial charge in [0.2, 0.25) is 0 Å². The molecular formula is C21H20N2O3S2. The van der Waals surface area contributed by atoms with Crippen LogP contribution in [0.5, 0.6) is 0 Å². The van der Waals surface area contributed by atoms with Crippen molar-refractivity contribution in [2.24, 2.45) is 0 Å². The Balaban J connectivity index is 1.62. The van der Waals surface area contributed by atoms with Gasteiger partial charge in [0.1, 0.15) is 0 Å². The summed E-state index contributed by atoms with van der Waals surface area (Å²) in [5.74, 6) is -0.209. The predicted molar refractivity (Wildman–Crippen MR) is 115 cm³/mol. The molecule has 1 amide bonds. The van der Waals surface area contributed by atoms with Gasteiger partial charge in [0.15, 0.2) is 0 Å². The monoisotopic (exact) mass is 412 g/mol. The van der Waals surface area contributed by atoms with Crippen LogP contribution in [0.2, 0.25) is 0 Å². The van der Waals surface area contributed by atoms with Crippen molar-refractivity contribution in [3.63, 3.8) is 0 Å². The zero-order valence-corrected chi connectivity index (χ0v) is 16.8. The van der Waals surface area contributed by atoms with Crippen LogP contribution in [0.15, 0.2) is 77.5 Å². The first kappa shape index (κ1) is 19.9. The molecule has 1 atom stereocenters. The second-order valence-corrected chi connectivity index (χ2v) is 8.69. The maximum absolute atomic E-state index is 12.3. The van der Waals surface area contributed by atoms with Crippen LogP contribution in [0.25, 0.3) is 6.08 Å². The Kier molecular flexibility index (Phi) is 6.28. The third-order valence-electron chi connectivity index (χ3n) is 3.96. The Bertz CT molecular complexity index is 1040. The molecule has 7 heteroatoms. The first-order valence-electron chi connectivity index (χ1n) is 8.63. The number of anilines is 1. The topological polar surface area (TPSA) is 75.3 Å². The second-order valence-electron chi connectivity index (χ2n) is 6.15. The van der Waals surface area contributed by atoms with Gasteiger partial charge in [0.25, 0.3) is 15.9 Å². The molecule has 0 aliphatic heterocycles. The molecule has 3 aromatic rings. The Hall–Kier alpha value is -2.90.